The highest BCUT2D eigenvalue weighted by Crippen LogP contribution is 2.16. The van der Waals surface area contributed by atoms with Crippen molar-refractivity contribution in [2.24, 2.45) is 11.8 Å². The van der Waals surface area contributed by atoms with Gasteiger partial charge in [0.05, 0.1) is 4.90 Å². The zero-order valence-electron chi connectivity index (χ0n) is 12.0. The summed E-state index contributed by atoms with van der Waals surface area (Å²) in [6.45, 7) is 3.94. The lowest BCUT2D eigenvalue weighted by atomic mass is 9.94. The van der Waals surface area contributed by atoms with E-state index in [4.69, 9.17) is 5.11 Å². The average Bonchev–Trinajstić information content (AvgIpc) is 2.35. The van der Waals surface area contributed by atoms with E-state index in [0.717, 1.165) is 12.1 Å². The van der Waals surface area contributed by atoms with Gasteiger partial charge in [0, 0.05) is 13.0 Å². The second-order valence-corrected chi connectivity index (χ2v) is 7.17. The number of hydrogen-bond acceptors (Lipinski definition) is 3. The van der Waals surface area contributed by atoms with E-state index in [2.05, 4.69) is 4.72 Å². The SMILES string of the molecule is CC(C)CC(CNS(=O)(=O)c1ccc(F)cc1)CC(=O)O. The van der Waals surface area contributed by atoms with E-state index in [1.165, 1.54) is 12.1 Å². The number of sulfonamides is 1. The third-order valence-corrected chi connectivity index (χ3v) is 4.39. The van der Waals surface area contributed by atoms with E-state index in [1.54, 1.807) is 0 Å². The van der Waals surface area contributed by atoms with Gasteiger partial charge in [0.2, 0.25) is 10.0 Å². The fourth-order valence-electron chi connectivity index (χ4n) is 2.08. The Morgan fingerprint density at radius 1 is 1.29 bits per heavy atom. The maximum atomic E-state index is 12.8. The van der Waals surface area contributed by atoms with Crippen LogP contribution in [-0.2, 0) is 14.8 Å². The van der Waals surface area contributed by atoms with E-state index >= 15 is 0 Å². The third kappa shape index (κ3) is 6.22. The van der Waals surface area contributed by atoms with Gasteiger partial charge in [-0.1, -0.05) is 13.8 Å². The normalized spacial score (nSPS) is 13.3. The second kappa shape index (κ2) is 7.51. The van der Waals surface area contributed by atoms with Crippen molar-refractivity contribution < 1.29 is 22.7 Å². The van der Waals surface area contributed by atoms with Gasteiger partial charge in [-0.25, -0.2) is 17.5 Å². The lowest BCUT2D eigenvalue weighted by Crippen LogP contribution is -2.31. The van der Waals surface area contributed by atoms with Crippen LogP contribution in [0.4, 0.5) is 4.39 Å². The monoisotopic (exact) mass is 317 g/mol. The molecule has 0 radical (unpaired) electrons. The van der Waals surface area contributed by atoms with Crippen LogP contribution in [-0.4, -0.2) is 26.0 Å². The first-order chi connectivity index (χ1) is 9.70. The van der Waals surface area contributed by atoms with Gasteiger partial charge in [-0.2, -0.15) is 0 Å². The van der Waals surface area contributed by atoms with E-state index in [9.17, 15) is 17.6 Å². The summed E-state index contributed by atoms with van der Waals surface area (Å²) in [5.41, 5.74) is 0. The molecule has 2 N–H and O–H groups in total. The van der Waals surface area contributed by atoms with Crippen molar-refractivity contribution in [2.45, 2.75) is 31.6 Å². The van der Waals surface area contributed by atoms with Crippen LogP contribution in [0.1, 0.15) is 26.7 Å². The number of halogens is 1. The number of benzene rings is 1. The molecule has 0 saturated carbocycles. The summed E-state index contributed by atoms with van der Waals surface area (Å²) in [6.07, 6.45) is 0.516. The number of nitrogens with one attached hydrogen (secondary N) is 1. The van der Waals surface area contributed by atoms with Crippen LogP contribution >= 0.6 is 0 Å². The molecule has 0 spiro atoms. The minimum absolute atomic E-state index is 0.0393. The lowest BCUT2D eigenvalue weighted by molar-refractivity contribution is -0.138. The predicted octanol–water partition coefficient (Wildman–Crippen LogP) is 2.24. The van der Waals surface area contributed by atoms with Crippen LogP contribution in [0.25, 0.3) is 0 Å². The van der Waals surface area contributed by atoms with Crippen LogP contribution < -0.4 is 4.72 Å². The summed E-state index contributed by atoms with van der Waals surface area (Å²) in [4.78, 5) is 10.8. The Balaban J connectivity index is 2.73. The molecule has 0 aliphatic carbocycles. The largest absolute Gasteiger partial charge is 0.481 e. The van der Waals surface area contributed by atoms with Crippen LogP contribution in [0.3, 0.4) is 0 Å². The minimum atomic E-state index is -3.75. The third-order valence-electron chi connectivity index (χ3n) is 2.95. The summed E-state index contributed by atoms with van der Waals surface area (Å²) in [7, 11) is -3.75. The van der Waals surface area contributed by atoms with Crippen LogP contribution in [0.2, 0.25) is 0 Å². The van der Waals surface area contributed by atoms with Crippen LogP contribution in [0.5, 0.6) is 0 Å². The Hall–Kier alpha value is -1.47. The molecule has 7 heteroatoms. The van der Waals surface area contributed by atoms with Crippen molar-refractivity contribution in [1.82, 2.24) is 4.72 Å². The van der Waals surface area contributed by atoms with Crippen molar-refractivity contribution in [3.8, 4) is 0 Å². The van der Waals surface area contributed by atoms with Crippen molar-refractivity contribution in [2.75, 3.05) is 6.54 Å². The molecule has 1 rings (SSSR count). The quantitative estimate of drug-likeness (QED) is 0.770. The molecule has 1 aromatic rings. The maximum Gasteiger partial charge on any atom is 0.303 e. The molecule has 1 aromatic carbocycles. The van der Waals surface area contributed by atoms with E-state index in [-0.39, 0.29) is 29.7 Å². The highest BCUT2D eigenvalue weighted by molar-refractivity contribution is 7.89. The number of rotatable bonds is 8. The summed E-state index contributed by atoms with van der Waals surface area (Å²) in [5, 5.41) is 8.85. The molecule has 118 valence electrons. The molecule has 0 aliphatic rings. The van der Waals surface area contributed by atoms with Gasteiger partial charge in [0.25, 0.3) is 0 Å². The predicted molar refractivity (Wildman–Crippen MR) is 76.8 cm³/mol. The molecule has 0 amide bonds. The van der Waals surface area contributed by atoms with E-state index in [0.29, 0.717) is 6.42 Å². The minimum Gasteiger partial charge on any atom is -0.481 e. The number of carboxylic acid groups (broad SMARTS) is 1. The zero-order valence-corrected chi connectivity index (χ0v) is 12.9. The van der Waals surface area contributed by atoms with Crippen molar-refractivity contribution >= 4 is 16.0 Å². The molecule has 0 aromatic heterocycles. The van der Waals surface area contributed by atoms with Crippen LogP contribution in [0.15, 0.2) is 29.2 Å². The zero-order chi connectivity index (χ0) is 16.0. The first-order valence-electron chi connectivity index (χ1n) is 6.67. The molecule has 0 saturated heterocycles. The number of aliphatic carboxylic acids is 1. The summed E-state index contributed by atoms with van der Waals surface area (Å²) in [6, 6.07) is 4.48. The standard InChI is InChI=1S/C14H20FNO4S/c1-10(2)7-11(8-14(17)18)9-16-21(19,20)13-5-3-12(15)4-6-13/h3-6,10-11,16H,7-9H2,1-2H3,(H,17,18). The van der Waals surface area contributed by atoms with Crippen molar-refractivity contribution in [1.29, 1.82) is 0 Å². The van der Waals surface area contributed by atoms with Gasteiger partial charge < -0.3 is 5.11 Å². The lowest BCUT2D eigenvalue weighted by Gasteiger charge is -2.17. The summed E-state index contributed by atoms with van der Waals surface area (Å²) >= 11 is 0. The highest BCUT2D eigenvalue weighted by Gasteiger charge is 2.19. The Kier molecular flexibility index (Phi) is 6.29. The van der Waals surface area contributed by atoms with Gasteiger partial charge in [0.15, 0.2) is 0 Å². The molecule has 1 atom stereocenters. The molecule has 0 heterocycles. The topological polar surface area (TPSA) is 83.5 Å². The molecule has 0 aliphatic heterocycles. The Labute approximate surface area is 124 Å². The number of hydrogen-bond donors (Lipinski definition) is 2. The summed E-state index contributed by atoms with van der Waals surface area (Å²) < 4.78 is 39.3. The van der Waals surface area contributed by atoms with Crippen LogP contribution in [0, 0.1) is 17.7 Å². The molecule has 0 bridgehead atoms. The Bertz CT molecular complexity index is 569. The molecular weight excluding hydrogens is 297 g/mol. The van der Waals surface area contributed by atoms with Gasteiger partial charge in [0.1, 0.15) is 5.82 Å². The maximum absolute atomic E-state index is 12.8. The van der Waals surface area contributed by atoms with Gasteiger partial charge in [-0.15, -0.1) is 0 Å². The second-order valence-electron chi connectivity index (χ2n) is 5.40. The van der Waals surface area contributed by atoms with Gasteiger partial charge in [-0.05, 0) is 42.5 Å². The molecule has 21 heavy (non-hydrogen) atoms. The Morgan fingerprint density at radius 2 is 1.86 bits per heavy atom. The molecule has 1 unspecified atom stereocenters. The van der Waals surface area contributed by atoms with Crippen molar-refractivity contribution in [3.63, 3.8) is 0 Å². The van der Waals surface area contributed by atoms with Crippen molar-refractivity contribution in [3.05, 3.63) is 30.1 Å². The summed E-state index contributed by atoms with van der Waals surface area (Å²) in [5.74, 6) is -1.48. The fraction of sp³-hybridized carbons (Fsp3) is 0.500. The Morgan fingerprint density at radius 3 is 2.33 bits per heavy atom. The number of carboxylic acids is 1. The smallest absolute Gasteiger partial charge is 0.303 e. The number of carbonyl (C=O) groups is 1. The fourth-order valence-corrected chi connectivity index (χ4v) is 3.19. The first-order valence-corrected chi connectivity index (χ1v) is 8.16. The highest BCUT2D eigenvalue weighted by atomic mass is 32.2. The van der Waals surface area contributed by atoms with E-state index in [1.807, 2.05) is 13.8 Å². The molecule has 5 nitrogen and oxygen atoms in total. The van der Waals surface area contributed by atoms with Gasteiger partial charge >= 0.3 is 5.97 Å². The van der Waals surface area contributed by atoms with Gasteiger partial charge in [-0.3, -0.25) is 4.79 Å². The average molecular weight is 317 g/mol. The molecule has 0 fully saturated rings. The van der Waals surface area contributed by atoms with E-state index < -0.39 is 21.8 Å². The first kappa shape index (κ1) is 17.6. The molecular formula is C14H20FNO4S.